The van der Waals surface area contributed by atoms with E-state index >= 15 is 0 Å². The van der Waals surface area contributed by atoms with E-state index in [4.69, 9.17) is 10.5 Å². The van der Waals surface area contributed by atoms with Crippen LogP contribution in [0.4, 0.5) is 5.69 Å². The van der Waals surface area contributed by atoms with Gasteiger partial charge in [0.15, 0.2) is 0 Å². The highest BCUT2D eigenvalue weighted by atomic mass is 31.2. The van der Waals surface area contributed by atoms with Crippen LogP contribution in [0.1, 0.15) is 69.3 Å². The summed E-state index contributed by atoms with van der Waals surface area (Å²) in [4.78, 5) is 88.7. The maximum atomic E-state index is 14.3. The number of carbonyl (C=O) groups is 5. The standard InChI is InChI=1S/C37H40N5O9P/c1-20-6-3-4-7-25(20)19-51-21(2)27(14-15-32(38)43)40-35(45)31-18-23-9-5-8-22-10-13-29(36(46)42(31)33(22)23)41-34(44)30-17-26-16-24(11-12-28(26)39-30)37(47)52(48,49)50/h3-9,11-12,16-17,21,27,29,31,39H,10,13-15,18-19H2,1-2H3,(H2,38,43)(H,40,45)(H,41,44)(H2,48,49,50)/t21-,27+,29+,31+/m1/s1. The summed E-state index contributed by atoms with van der Waals surface area (Å²) in [6, 6.07) is 16.3. The van der Waals surface area contributed by atoms with Crippen LogP contribution in [-0.2, 0) is 43.1 Å². The van der Waals surface area contributed by atoms with Gasteiger partial charge in [-0.05, 0) is 79.6 Å². The topological polar surface area (TPSA) is 221 Å². The molecular weight excluding hydrogens is 689 g/mol. The summed E-state index contributed by atoms with van der Waals surface area (Å²) in [7, 11) is -5.01. The summed E-state index contributed by atoms with van der Waals surface area (Å²) in [5, 5.41) is 6.21. The molecule has 4 atom stereocenters. The highest BCUT2D eigenvalue weighted by molar-refractivity contribution is 7.70. The van der Waals surface area contributed by atoms with Gasteiger partial charge < -0.3 is 35.9 Å². The minimum Gasteiger partial charge on any atom is -0.372 e. The van der Waals surface area contributed by atoms with E-state index in [1.807, 2.05) is 56.3 Å². The molecule has 52 heavy (non-hydrogen) atoms. The number of H-pyrrole nitrogens is 1. The first-order chi connectivity index (χ1) is 24.7. The molecule has 0 saturated carbocycles. The minimum atomic E-state index is -5.01. The molecule has 14 nitrogen and oxygen atoms in total. The molecule has 2 aliphatic rings. The van der Waals surface area contributed by atoms with Gasteiger partial charge in [0.25, 0.3) is 11.4 Å². The van der Waals surface area contributed by atoms with Crippen LogP contribution in [0, 0.1) is 6.92 Å². The average molecular weight is 730 g/mol. The van der Waals surface area contributed by atoms with E-state index < -0.39 is 61.0 Å². The minimum absolute atomic E-state index is 0.0177. The quantitative estimate of drug-likeness (QED) is 0.111. The van der Waals surface area contributed by atoms with Crippen LogP contribution in [0.2, 0.25) is 0 Å². The van der Waals surface area contributed by atoms with Crippen LogP contribution in [0.3, 0.4) is 0 Å². The van der Waals surface area contributed by atoms with E-state index in [1.165, 1.54) is 29.2 Å². The fourth-order valence-electron chi connectivity index (χ4n) is 6.88. The number of amides is 4. The number of para-hydroxylation sites is 1. The lowest BCUT2D eigenvalue weighted by Crippen LogP contribution is -2.56. The van der Waals surface area contributed by atoms with Crippen molar-refractivity contribution >= 4 is 53.3 Å². The SMILES string of the molecule is Cc1ccccc1CO[C@H](C)[C@H](CCC(N)=O)NC(=O)[C@@H]1Cc2cccc3c2N1C(=O)[C@@H](NC(=O)c1cc2cc(C(=O)P(=O)(O)O)ccc2[nH]1)CC3. The molecule has 15 heteroatoms. The average Bonchev–Trinajstić information content (AvgIpc) is 3.69. The van der Waals surface area contributed by atoms with Crippen LogP contribution in [0.25, 0.3) is 10.9 Å². The first-order valence-electron chi connectivity index (χ1n) is 16.9. The largest absolute Gasteiger partial charge is 0.396 e. The molecule has 1 aromatic heterocycles. The highest BCUT2D eigenvalue weighted by Gasteiger charge is 2.44. The maximum absolute atomic E-state index is 14.3. The van der Waals surface area contributed by atoms with Crippen molar-refractivity contribution in [1.29, 1.82) is 0 Å². The fraction of sp³-hybridized carbons (Fsp3) is 0.324. The number of ether oxygens (including phenoxy) is 1. The molecule has 2 aliphatic heterocycles. The Morgan fingerprint density at radius 2 is 1.81 bits per heavy atom. The van der Waals surface area contributed by atoms with Crippen molar-refractivity contribution in [3.8, 4) is 0 Å². The van der Waals surface area contributed by atoms with Gasteiger partial charge in [0, 0.05) is 29.3 Å². The molecule has 0 aliphatic carbocycles. The highest BCUT2D eigenvalue weighted by Crippen LogP contribution is 2.40. The Labute approximate surface area is 299 Å². The second-order valence-corrected chi connectivity index (χ2v) is 14.8. The molecule has 0 unspecified atom stereocenters. The Bertz CT molecular complexity index is 2130. The van der Waals surface area contributed by atoms with Gasteiger partial charge in [0.05, 0.1) is 24.4 Å². The molecule has 0 radical (unpaired) electrons. The fourth-order valence-corrected chi connectivity index (χ4v) is 7.35. The van der Waals surface area contributed by atoms with E-state index in [1.54, 1.807) is 0 Å². The lowest BCUT2D eigenvalue weighted by atomic mass is 10.0. The van der Waals surface area contributed by atoms with Gasteiger partial charge in [-0.25, -0.2) is 0 Å². The molecule has 0 bridgehead atoms. The number of hydrogen-bond acceptors (Lipinski definition) is 7. The number of aromatic amines is 1. The van der Waals surface area contributed by atoms with Gasteiger partial charge >= 0.3 is 7.60 Å². The van der Waals surface area contributed by atoms with Gasteiger partial charge in [0.2, 0.25) is 17.7 Å². The second kappa shape index (κ2) is 14.8. The summed E-state index contributed by atoms with van der Waals surface area (Å²) >= 11 is 0. The Balaban J connectivity index is 1.20. The molecule has 272 valence electrons. The number of primary amides is 1. The molecule has 4 amide bonds. The van der Waals surface area contributed by atoms with Gasteiger partial charge in [-0.2, -0.15) is 0 Å². The van der Waals surface area contributed by atoms with Gasteiger partial charge in [0.1, 0.15) is 17.8 Å². The predicted octanol–water partition coefficient (Wildman–Crippen LogP) is 3.15. The number of aryl methyl sites for hydroxylation is 2. The van der Waals surface area contributed by atoms with Crippen LogP contribution in [0.15, 0.2) is 66.7 Å². The van der Waals surface area contributed by atoms with Gasteiger partial charge in [-0.1, -0.05) is 42.5 Å². The number of aromatic nitrogens is 1. The van der Waals surface area contributed by atoms with Crippen molar-refractivity contribution in [3.63, 3.8) is 0 Å². The molecule has 4 aromatic rings. The van der Waals surface area contributed by atoms with Crippen molar-refractivity contribution in [1.82, 2.24) is 15.6 Å². The smallest absolute Gasteiger partial charge is 0.372 e. The third-order valence-corrected chi connectivity index (χ3v) is 10.5. The third kappa shape index (κ3) is 7.70. The maximum Gasteiger partial charge on any atom is 0.396 e. The molecule has 3 heterocycles. The van der Waals surface area contributed by atoms with E-state index in [-0.39, 0.29) is 36.9 Å². The number of nitrogens with one attached hydrogen (secondary N) is 3. The number of nitrogens with zero attached hydrogens (tertiary/aromatic N) is 1. The zero-order valence-corrected chi connectivity index (χ0v) is 29.5. The second-order valence-electron chi connectivity index (χ2n) is 13.3. The Morgan fingerprint density at radius 1 is 1.06 bits per heavy atom. The molecule has 0 spiro atoms. The lowest BCUT2D eigenvalue weighted by molar-refractivity contribution is -0.128. The lowest BCUT2D eigenvalue weighted by Gasteiger charge is -2.31. The summed E-state index contributed by atoms with van der Waals surface area (Å²) in [6.07, 6.45) is 0.710. The van der Waals surface area contributed by atoms with E-state index in [9.17, 15) is 38.3 Å². The van der Waals surface area contributed by atoms with E-state index in [0.29, 0.717) is 29.6 Å². The summed E-state index contributed by atoms with van der Waals surface area (Å²) in [6.45, 7) is 4.09. The number of hydrogen-bond donors (Lipinski definition) is 6. The van der Waals surface area contributed by atoms with Crippen molar-refractivity contribution in [2.45, 2.75) is 76.8 Å². The Morgan fingerprint density at radius 3 is 2.54 bits per heavy atom. The monoisotopic (exact) mass is 729 g/mol. The Kier molecular flexibility index (Phi) is 10.5. The van der Waals surface area contributed by atoms with E-state index in [0.717, 1.165) is 22.3 Å². The number of nitrogens with two attached hydrogens (primary N) is 1. The predicted molar refractivity (Wildman–Crippen MR) is 191 cm³/mol. The van der Waals surface area contributed by atoms with Gasteiger partial charge in [-0.3, -0.25) is 33.4 Å². The number of benzene rings is 3. The first kappa shape index (κ1) is 36.6. The Hall–Kier alpha value is -5.14. The molecule has 0 saturated heterocycles. The summed E-state index contributed by atoms with van der Waals surface area (Å²) in [5.74, 6) is -2.02. The third-order valence-electron chi connectivity index (χ3n) is 9.75. The summed E-state index contributed by atoms with van der Waals surface area (Å²) < 4.78 is 17.6. The molecule has 3 aromatic carbocycles. The number of anilines is 1. The van der Waals surface area contributed by atoms with E-state index in [2.05, 4.69) is 15.6 Å². The number of rotatable bonds is 13. The zero-order chi connectivity index (χ0) is 37.3. The van der Waals surface area contributed by atoms with Crippen molar-refractivity contribution < 1.29 is 43.1 Å². The van der Waals surface area contributed by atoms with Crippen LogP contribution in [-0.4, -0.2) is 68.2 Å². The molecule has 6 rings (SSSR count). The first-order valence-corrected chi connectivity index (χ1v) is 18.5. The van der Waals surface area contributed by atoms with Crippen LogP contribution >= 0.6 is 7.60 Å². The van der Waals surface area contributed by atoms with Gasteiger partial charge in [-0.15, -0.1) is 0 Å². The molecule has 7 N–H and O–H groups in total. The molecular formula is C37H40N5O9P. The van der Waals surface area contributed by atoms with Crippen LogP contribution in [0.5, 0.6) is 0 Å². The van der Waals surface area contributed by atoms with Crippen molar-refractivity contribution in [3.05, 3.63) is 100 Å². The normalized spacial score (nSPS) is 18.0. The molecule has 0 fully saturated rings. The van der Waals surface area contributed by atoms with Crippen LogP contribution < -0.4 is 21.3 Å². The van der Waals surface area contributed by atoms with Crippen molar-refractivity contribution in [2.75, 3.05) is 4.90 Å². The number of fused-ring (bicyclic) bond motifs is 1. The zero-order valence-electron chi connectivity index (χ0n) is 28.6. The van der Waals surface area contributed by atoms with Crippen molar-refractivity contribution in [2.24, 2.45) is 5.73 Å². The summed E-state index contributed by atoms with van der Waals surface area (Å²) in [5.41, 5.74) is 8.82. The number of carbonyl (C=O) groups excluding carboxylic acids is 5.